The molecule has 1 aliphatic heterocycles. The summed E-state index contributed by atoms with van der Waals surface area (Å²) >= 11 is 9.67. The Morgan fingerprint density at radius 3 is 2.55 bits per heavy atom. The summed E-state index contributed by atoms with van der Waals surface area (Å²) in [6, 6.07) is 19.0. The Balaban J connectivity index is 1.84. The summed E-state index contributed by atoms with van der Waals surface area (Å²) < 4.78 is 13.0. The lowest BCUT2D eigenvalue weighted by Gasteiger charge is -2.40. The summed E-state index contributed by atoms with van der Waals surface area (Å²) in [4.78, 5) is 4.42. The van der Waals surface area contributed by atoms with Crippen LogP contribution in [0, 0.1) is 5.92 Å². The van der Waals surface area contributed by atoms with Gasteiger partial charge < -0.3 is 19.7 Å². The quantitative estimate of drug-likeness (QED) is 0.554. The fraction of sp³-hybridized carbons (Fsp3) is 0.292. The number of aliphatic hydroxyl groups excluding tert-OH is 1. The highest BCUT2D eigenvalue weighted by molar-refractivity contribution is 9.10. The summed E-state index contributed by atoms with van der Waals surface area (Å²) in [6.45, 7) is 0.244. The molecule has 1 aromatic heterocycles. The molecule has 2 aromatic carbocycles. The first-order valence-corrected chi connectivity index (χ1v) is 11.2. The van der Waals surface area contributed by atoms with E-state index in [4.69, 9.17) is 21.1 Å². The molecule has 0 saturated heterocycles. The van der Waals surface area contributed by atoms with Gasteiger partial charge in [-0.05, 0) is 23.3 Å². The van der Waals surface area contributed by atoms with Gasteiger partial charge in [0.1, 0.15) is 11.4 Å². The Bertz CT molecular complexity index is 1110. The van der Waals surface area contributed by atoms with Gasteiger partial charge in [0, 0.05) is 35.7 Å². The van der Waals surface area contributed by atoms with Gasteiger partial charge in [-0.3, -0.25) is 4.98 Å². The van der Waals surface area contributed by atoms with E-state index in [1.807, 2.05) is 54.6 Å². The van der Waals surface area contributed by atoms with Crippen molar-refractivity contribution >= 4 is 27.5 Å². The molecular formula is C24H21BrClNO4. The molecule has 160 valence electrons. The summed E-state index contributed by atoms with van der Waals surface area (Å²) in [6.07, 6.45) is 0.281. The molecular weight excluding hydrogens is 482 g/mol. The maximum atomic E-state index is 12.3. The third-order valence-corrected chi connectivity index (χ3v) is 7.24. The van der Waals surface area contributed by atoms with Gasteiger partial charge in [-0.15, -0.1) is 0 Å². The Hall–Kier alpha value is -1.96. The second kappa shape index (κ2) is 7.57. The number of ether oxygens (including phenoxy) is 2. The maximum Gasteiger partial charge on any atom is 0.181 e. The van der Waals surface area contributed by atoms with Crippen LogP contribution in [0.25, 0.3) is 0 Å². The number of methoxy groups -OCH3 is 1. The highest BCUT2D eigenvalue weighted by Gasteiger charge is 2.76. The van der Waals surface area contributed by atoms with Gasteiger partial charge in [0.25, 0.3) is 0 Å². The summed E-state index contributed by atoms with van der Waals surface area (Å²) in [5.74, 6) is -0.483. The highest BCUT2D eigenvalue weighted by atomic mass is 79.9. The molecule has 3 aromatic rings. The van der Waals surface area contributed by atoms with Gasteiger partial charge in [0.15, 0.2) is 11.2 Å². The monoisotopic (exact) mass is 501 g/mol. The van der Waals surface area contributed by atoms with E-state index in [-0.39, 0.29) is 12.3 Å². The largest absolute Gasteiger partial charge is 0.476 e. The van der Waals surface area contributed by atoms with Gasteiger partial charge in [-0.1, -0.05) is 70.0 Å². The Kier molecular flexibility index (Phi) is 5.11. The molecule has 0 bridgehead atoms. The van der Waals surface area contributed by atoms with Crippen molar-refractivity contribution in [3.63, 3.8) is 0 Å². The van der Waals surface area contributed by atoms with Gasteiger partial charge >= 0.3 is 0 Å². The minimum Gasteiger partial charge on any atom is -0.476 e. The Labute approximate surface area is 193 Å². The zero-order valence-corrected chi connectivity index (χ0v) is 19.0. The minimum atomic E-state index is -1.80. The van der Waals surface area contributed by atoms with Crippen LogP contribution in [0.1, 0.15) is 22.7 Å². The molecule has 5 nitrogen and oxygen atoms in total. The molecule has 5 unspecified atom stereocenters. The normalized spacial score (nSPS) is 31.2. The number of hydrogen-bond donors (Lipinski definition) is 2. The molecule has 2 aliphatic rings. The van der Waals surface area contributed by atoms with E-state index in [2.05, 4.69) is 20.9 Å². The molecule has 1 saturated carbocycles. The maximum absolute atomic E-state index is 12.3. The van der Waals surface area contributed by atoms with Crippen LogP contribution in [-0.2, 0) is 15.9 Å². The van der Waals surface area contributed by atoms with Crippen LogP contribution in [-0.4, -0.2) is 35.0 Å². The first kappa shape index (κ1) is 20.9. The van der Waals surface area contributed by atoms with Gasteiger partial charge in [-0.25, -0.2) is 0 Å². The number of aliphatic hydroxyl groups is 2. The summed E-state index contributed by atoms with van der Waals surface area (Å²) in [5.41, 5.74) is -1.17. The first-order chi connectivity index (χ1) is 14.9. The molecule has 1 aliphatic carbocycles. The SMILES string of the molecule is COCC1C(O)C2(O)c3ncc(Cl)cc3OC2(c2ccc(Br)cc2)C1c1ccccc1. The van der Waals surface area contributed by atoms with E-state index in [0.29, 0.717) is 10.8 Å². The third-order valence-electron chi connectivity index (χ3n) is 6.51. The number of benzene rings is 2. The van der Waals surface area contributed by atoms with Gasteiger partial charge in [0.2, 0.25) is 0 Å². The average molecular weight is 503 g/mol. The van der Waals surface area contributed by atoms with Crippen molar-refractivity contribution in [1.82, 2.24) is 4.98 Å². The van der Waals surface area contributed by atoms with Crippen molar-refractivity contribution in [2.45, 2.75) is 23.2 Å². The number of aromatic nitrogens is 1. The molecule has 0 radical (unpaired) electrons. The molecule has 2 N–H and O–H groups in total. The predicted molar refractivity (Wildman–Crippen MR) is 120 cm³/mol. The summed E-state index contributed by atoms with van der Waals surface area (Å²) in [7, 11) is 1.59. The predicted octanol–water partition coefficient (Wildman–Crippen LogP) is 4.39. The lowest BCUT2D eigenvalue weighted by atomic mass is 9.71. The van der Waals surface area contributed by atoms with Gasteiger partial charge in [-0.2, -0.15) is 0 Å². The van der Waals surface area contributed by atoms with E-state index >= 15 is 0 Å². The fourth-order valence-corrected chi connectivity index (χ4v) is 5.76. The molecule has 1 fully saturated rings. The lowest BCUT2D eigenvalue weighted by Crippen LogP contribution is -2.52. The third kappa shape index (κ3) is 2.82. The van der Waals surface area contributed by atoms with Crippen molar-refractivity contribution in [3.05, 3.63) is 93.2 Å². The zero-order valence-electron chi connectivity index (χ0n) is 16.7. The smallest absolute Gasteiger partial charge is 0.181 e. The van der Waals surface area contributed by atoms with Crippen LogP contribution < -0.4 is 4.74 Å². The number of nitrogens with zero attached hydrogens (tertiary/aromatic N) is 1. The average Bonchev–Trinajstić information content (AvgIpc) is 3.13. The standard InChI is InChI=1S/C24H21BrClNO4/c1-30-13-18-20(14-5-3-2-4-6-14)24(15-7-9-16(25)10-8-15)23(29,22(18)28)21-19(31-24)11-17(26)12-27-21/h2-12,18,20,22,28-29H,13H2,1H3. The lowest BCUT2D eigenvalue weighted by molar-refractivity contribution is -0.154. The zero-order chi connectivity index (χ0) is 21.8. The van der Waals surface area contributed by atoms with Crippen LogP contribution in [0.4, 0.5) is 0 Å². The number of rotatable bonds is 4. The Morgan fingerprint density at radius 2 is 1.87 bits per heavy atom. The molecule has 0 spiro atoms. The van der Waals surface area contributed by atoms with Crippen molar-refractivity contribution in [3.8, 4) is 5.75 Å². The van der Waals surface area contributed by atoms with Crippen molar-refractivity contribution in [2.75, 3.05) is 13.7 Å². The number of halogens is 2. The second-order valence-corrected chi connectivity index (χ2v) is 9.42. The minimum absolute atomic E-state index is 0.244. The van der Waals surface area contributed by atoms with E-state index in [0.717, 1.165) is 15.6 Å². The second-order valence-electron chi connectivity index (χ2n) is 8.06. The fourth-order valence-electron chi connectivity index (χ4n) is 5.34. The van der Waals surface area contributed by atoms with Crippen LogP contribution >= 0.6 is 27.5 Å². The number of hydrogen-bond acceptors (Lipinski definition) is 5. The summed E-state index contributed by atoms with van der Waals surface area (Å²) in [5, 5.41) is 24.3. The molecule has 31 heavy (non-hydrogen) atoms. The Morgan fingerprint density at radius 1 is 1.16 bits per heavy atom. The van der Waals surface area contributed by atoms with Crippen LogP contribution in [0.15, 0.2) is 71.3 Å². The molecule has 7 heteroatoms. The molecule has 2 heterocycles. The van der Waals surface area contributed by atoms with E-state index in [1.54, 1.807) is 13.2 Å². The van der Waals surface area contributed by atoms with Crippen molar-refractivity contribution in [1.29, 1.82) is 0 Å². The number of fused-ring (bicyclic) bond motifs is 3. The first-order valence-electron chi connectivity index (χ1n) is 9.99. The van der Waals surface area contributed by atoms with E-state index in [9.17, 15) is 10.2 Å². The van der Waals surface area contributed by atoms with Crippen LogP contribution in [0.2, 0.25) is 5.02 Å². The highest BCUT2D eigenvalue weighted by Crippen LogP contribution is 2.68. The van der Waals surface area contributed by atoms with Crippen LogP contribution in [0.3, 0.4) is 0 Å². The van der Waals surface area contributed by atoms with Gasteiger partial charge in [0.05, 0.1) is 17.7 Å². The molecule has 5 rings (SSSR count). The molecule has 0 amide bonds. The number of pyridine rings is 1. The van der Waals surface area contributed by atoms with Crippen molar-refractivity contribution < 1.29 is 19.7 Å². The topological polar surface area (TPSA) is 71.8 Å². The van der Waals surface area contributed by atoms with E-state index < -0.39 is 29.1 Å². The van der Waals surface area contributed by atoms with E-state index in [1.165, 1.54) is 6.20 Å². The molecule has 5 atom stereocenters. The van der Waals surface area contributed by atoms with Crippen molar-refractivity contribution in [2.24, 2.45) is 5.92 Å². The van der Waals surface area contributed by atoms with Crippen LogP contribution in [0.5, 0.6) is 5.75 Å².